The SMILES string of the molecule is C=C(C)c1ccc(O)cc1.Oc1ccccc1. The van der Waals surface area contributed by atoms with E-state index in [1.165, 1.54) is 0 Å². The Morgan fingerprint density at radius 2 is 1.29 bits per heavy atom. The molecule has 2 N–H and O–H groups in total. The van der Waals surface area contributed by atoms with Crippen LogP contribution in [0.4, 0.5) is 0 Å². The first-order valence-corrected chi connectivity index (χ1v) is 5.28. The molecule has 0 bridgehead atoms. The molecule has 2 heteroatoms. The third-order valence-electron chi connectivity index (χ3n) is 2.12. The van der Waals surface area contributed by atoms with Crippen LogP contribution in [0.5, 0.6) is 11.5 Å². The summed E-state index contributed by atoms with van der Waals surface area (Å²) >= 11 is 0. The van der Waals surface area contributed by atoms with Crippen molar-refractivity contribution in [1.82, 2.24) is 0 Å². The molecule has 0 saturated heterocycles. The lowest BCUT2D eigenvalue weighted by Gasteiger charge is -1.97. The number of para-hydroxylation sites is 1. The Morgan fingerprint density at radius 3 is 1.65 bits per heavy atom. The van der Waals surface area contributed by atoms with Gasteiger partial charge in [0.1, 0.15) is 11.5 Å². The quantitative estimate of drug-likeness (QED) is 0.779. The molecule has 0 unspecified atom stereocenters. The van der Waals surface area contributed by atoms with E-state index < -0.39 is 0 Å². The standard InChI is InChI=1S/C9H10O.C6H6O/c1-7(2)8-3-5-9(10)6-4-8;7-6-4-2-1-3-5-6/h3-6,10H,1H2,2H3;1-5,7H. The van der Waals surface area contributed by atoms with Gasteiger partial charge in [-0.25, -0.2) is 0 Å². The van der Waals surface area contributed by atoms with E-state index in [4.69, 9.17) is 10.2 Å². The van der Waals surface area contributed by atoms with E-state index in [0.717, 1.165) is 11.1 Å². The van der Waals surface area contributed by atoms with Crippen LogP contribution in [0, 0.1) is 0 Å². The van der Waals surface area contributed by atoms with Crippen LogP contribution in [0.1, 0.15) is 12.5 Å². The monoisotopic (exact) mass is 228 g/mol. The van der Waals surface area contributed by atoms with E-state index in [1.54, 1.807) is 36.4 Å². The molecule has 2 rings (SSSR count). The molecule has 0 saturated carbocycles. The molecule has 0 radical (unpaired) electrons. The van der Waals surface area contributed by atoms with Crippen LogP contribution < -0.4 is 0 Å². The number of hydrogen-bond acceptors (Lipinski definition) is 2. The summed E-state index contributed by atoms with van der Waals surface area (Å²) in [5, 5.41) is 17.5. The van der Waals surface area contributed by atoms with E-state index in [2.05, 4.69) is 6.58 Å². The summed E-state index contributed by atoms with van der Waals surface area (Å²) < 4.78 is 0. The summed E-state index contributed by atoms with van der Waals surface area (Å²) in [5.41, 5.74) is 2.08. The predicted octanol–water partition coefficient (Wildman–Crippen LogP) is 3.82. The average Bonchev–Trinajstić information content (AvgIpc) is 2.31. The lowest BCUT2D eigenvalue weighted by Crippen LogP contribution is -1.74. The molecule has 0 aliphatic carbocycles. The second kappa shape index (κ2) is 6.38. The largest absolute Gasteiger partial charge is 0.508 e. The maximum absolute atomic E-state index is 8.91. The zero-order valence-electron chi connectivity index (χ0n) is 9.80. The highest BCUT2D eigenvalue weighted by Gasteiger charge is 1.90. The summed E-state index contributed by atoms with van der Waals surface area (Å²) in [6, 6.07) is 15.7. The van der Waals surface area contributed by atoms with Gasteiger partial charge in [-0.2, -0.15) is 0 Å². The van der Waals surface area contributed by atoms with Crippen LogP contribution in [-0.2, 0) is 0 Å². The van der Waals surface area contributed by atoms with Gasteiger partial charge in [-0.05, 0) is 36.8 Å². The van der Waals surface area contributed by atoms with Crippen molar-refractivity contribution in [3.63, 3.8) is 0 Å². The molecular weight excluding hydrogens is 212 g/mol. The van der Waals surface area contributed by atoms with Gasteiger partial charge in [0, 0.05) is 0 Å². The van der Waals surface area contributed by atoms with Crippen molar-refractivity contribution in [1.29, 1.82) is 0 Å². The number of aromatic hydroxyl groups is 2. The maximum Gasteiger partial charge on any atom is 0.115 e. The first-order valence-electron chi connectivity index (χ1n) is 5.28. The topological polar surface area (TPSA) is 40.5 Å². The molecule has 0 amide bonds. The molecule has 2 aromatic rings. The smallest absolute Gasteiger partial charge is 0.115 e. The number of phenolic OH excluding ortho intramolecular Hbond substituents is 2. The first kappa shape index (κ1) is 12.8. The Balaban J connectivity index is 0.000000181. The minimum absolute atomic E-state index is 0.296. The van der Waals surface area contributed by atoms with Crippen LogP contribution in [0.3, 0.4) is 0 Å². The molecule has 2 aromatic carbocycles. The summed E-state index contributed by atoms with van der Waals surface area (Å²) in [5.74, 6) is 0.618. The number of benzene rings is 2. The fourth-order valence-electron chi connectivity index (χ4n) is 1.17. The zero-order valence-corrected chi connectivity index (χ0v) is 9.80. The van der Waals surface area contributed by atoms with Crippen molar-refractivity contribution in [2.45, 2.75) is 6.92 Å². The second-order valence-electron chi connectivity index (χ2n) is 3.66. The van der Waals surface area contributed by atoms with Crippen LogP contribution in [-0.4, -0.2) is 10.2 Å². The highest BCUT2D eigenvalue weighted by atomic mass is 16.3. The fraction of sp³-hybridized carbons (Fsp3) is 0.0667. The van der Waals surface area contributed by atoms with Crippen molar-refractivity contribution >= 4 is 5.57 Å². The highest BCUT2D eigenvalue weighted by molar-refractivity contribution is 5.61. The molecular formula is C15H16O2. The average molecular weight is 228 g/mol. The van der Waals surface area contributed by atoms with Crippen LogP contribution in [0.25, 0.3) is 5.57 Å². The lowest BCUT2D eigenvalue weighted by atomic mass is 10.1. The zero-order chi connectivity index (χ0) is 12.7. The molecule has 0 atom stereocenters. The van der Waals surface area contributed by atoms with Gasteiger partial charge >= 0.3 is 0 Å². The minimum atomic E-state index is 0.296. The molecule has 0 aromatic heterocycles. The van der Waals surface area contributed by atoms with E-state index in [9.17, 15) is 0 Å². The molecule has 0 fully saturated rings. The Bertz CT molecular complexity index is 458. The van der Waals surface area contributed by atoms with Crippen molar-refractivity contribution in [2.24, 2.45) is 0 Å². The molecule has 2 nitrogen and oxygen atoms in total. The molecule has 0 aliphatic rings. The summed E-state index contributed by atoms with van der Waals surface area (Å²) in [4.78, 5) is 0. The van der Waals surface area contributed by atoms with Gasteiger partial charge in [0.2, 0.25) is 0 Å². The molecule has 0 aliphatic heterocycles. The Labute approximate surface area is 101 Å². The van der Waals surface area contributed by atoms with Gasteiger partial charge < -0.3 is 10.2 Å². The van der Waals surface area contributed by atoms with Crippen molar-refractivity contribution in [3.05, 3.63) is 66.7 Å². The van der Waals surface area contributed by atoms with Gasteiger partial charge in [0.05, 0.1) is 0 Å². The normalized spacial score (nSPS) is 9.00. The van der Waals surface area contributed by atoms with E-state index in [-0.39, 0.29) is 0 Å². The number of phenols is 2. The van der Waals surface area contributed by atoms with Crippen molar-refractivity contribution in [2.75, 3.05) is 0 Å². The highest BCUT2D eigenvalue weighted by Crippen LogP contribution is 2.15. The number of rotatable bonds is 1. The van der Waals surface area contributed by atoms with Gasteiger partial charge in [0.25, 0.3) is 0 Å². The van der Waals surface area contributed by atoms with Gasteiger partial charge in [-0.1, -0.05) is 42.5 Å². The Kier molecular flexibility index (Phi) is 4.82. The third kappa shape index (κ3) is 4.89. The van der Waals surface area contributed by atoms with Crippen LogP contribution in [0.2, 0.25) is 0 Å². The molecule has 0 heterocycles. The summed E-state index contributed by atoms with van der Waals surface area (Å²) in [6.45, 7) is 5.71. The maximum atomic E-state index is 8.91. The Hall–Kier alpha value is -2.22. The lowest BCUT2D eigenvalue weighted by molar-refractivity contribution is 0.475. The molecule has 88 valence electrons. The van der Waals surface area contributed by atoms with Crippen molar-refractivity contribution < 1.29 is 10.2 Å². The van der Waals surface area contributed by atoms with Crippen LogP contribution in [0.15, 0.2) is 61.2 Å². The van der Waals surface area contributed by atoms with E-state index >= 15 is 0 Å². The van der Waals surface area contributed by atoms with Gasteiger partial charge in [-0.3, -0.25) is 0 Å². The van der Waals surface area contributed by atoms with E-state index in [1.807, 2.05) is 25.1 Å². The third-order valence-corrected chi connectivity index (χ3v) is 2.12. The predicted molar refractivity (Wildman–Crippen MR) is 70.9 cm³/mol. The summed E-state index contributed by atoms with van der Waals surface area (Å²) in [6.07, 6.45) is 0. The second-order valence-corrected chi connectivity index (χ2v) is 3.66. The number of allylic oxidation sites excluding steroid dienone is 1. The number of hydrogen-bond donors (Lipinski definition) is 2. The Morgan fingerprint density at radius 1 is 0.824 bits per heavy atom. The minimum Gasteiger partial charge on any atom is -0.508 e. The molecule has 0 spiro atoms. The van der Waals surface area contributed by atoms with Gasteiger partial charge in [-0.15, -0.1) is 0 Å². The van der Waals surface area contributed by atoms with Crippen LogP contribution >= 0.6 is 0 Å². The first-order chi connectivity index (χ1) is 8.09. The fourth-order valence-corrected chi connectivity index (χ4v) is 1.17. The van der Waals surface area contributed by atoms with Gasteiger partial charge in [0.15, 0.2) is 0 Å². The van der Waals surface area contributed by atoms with Crippen molar-refractivity contribution in [3.8, 4) is 11.5 Å². The molecule has 17 heavy (non-hydrogen) atoms. The summed E-state index contributed by atoms with van der Waals surface area (Å²) in [7, 11) is 0. The van der Waals surface area contributed by atoms with E-state index in [0.29, 0.717) is 11.5 Å².